The minimum Gasteiger partial charge on any atom is -0.479 e. The highest BCUT2D eigenvalue weighted by Crippen LogP contribution is 2.76. The number of rotatable bonds is 14. The first kappa shape index (κ1) is 62.9. The van der Waals surface area contributed by atoms with E-state index in [0.717, 1.165) is 5.57 Å². The molecule has 23 heteroatoms. The molecule has 0 spiro atoms. The summed E-state index contributed by atoms with van der Waals surface area (Å²) in [6.45, 7) is 11.8. The monoisotopic (exact) mass is 1180 g/mol. The van der Waals surface area contributed by atoms with Crippen LogP contribution in [0.1, 0.15) is 108 Å². The normalized spacial score (nSPS) is 46.7. The number of carboxylic acid groups (broad SMARTS) is 1. The first-order valence-electron chi connectivity index (χ1n) is 29.2. The lowest BCUT2D eigenvalue weighted by molar-refractivity contribution is -0.386. The van der Waals surface area contributed by atoms with Gasteiger partial charge in [-0.15, -0.1) is 0 Å². The fraction of sp³-hybridized carbons (Fsp3) is 0.721. The van der Waals surface area contributed by atoms with Crippen LogP contribution >= 0.6 is 0 Å². The second-order valence-electron chi connectivity index (χ2n) is 26.8. The van der Waals surface area contributed by atoms with Crippen LogP contribution in [0.25, 0.3) is 0 Å². The highest BCUT2D eigenvalue weighted by atomic mass is 16.8. The number of hydrogen-bond acceptors (Lipinski definition) is 22. The van der Waals surface area contributed by atoms with E-state index in [0.29, 0.717) is 32.1 Å². The van der Waals surface area contributed by atoms with Gasteiger partial charge in [0.15, 0.2) is 31.1 Å². The average molecular weight is 1190 g/mol. The summed E-state index contributed by atoms with van der Waals surface area (Å²) < 4.78 is 49.4. The lowest BCUT2D eigenvalue weighted by atomic mass is 9.32. The zero-order valence-corrected chi connectivity index (χ0v) is 48.3. The molecule has 0 aromatic heterocycles. The average Bonchev–Trinajstić information content (AvgIpc) is 0.720. The molecule has 8 unspecified atom stereocenters. The van der Waals surface area contributed by atoms with E-state index in [1.54, 1.807) is 60.7 Å². The second-order valence-corrected chi connectivity index (χ2v) is 26.8. The van der Waals surface area contributed by atoms with E-state index in [-0.39, 0.29) is 29.4 Å². The van der Waals surface area contributed by atoms with Crippen LogP contribution in [0.15, 0.2) is 72.3 Å². The maximum Gasteiger partial charge on any atom is 0.338 e. The Morgan fingerprint density at radius 3 is 1.67 bits per heavy atom. The predicted octanol–water partition coefficient (Wildman–Crippen LogP) is 0.958. The quantitative estimate of drug-likeness (QED) is 0.0712. The Labute approximate surface area is 487 Å². The number of carbonyl (C=O) groups is 3. The van der Waals surface area contributed by atoms with Gasteiger partial charge >= 0.3 is 17.9 Å². The third-order valence-electron chi connectivity index (χ3n) is 21.9. The van der Waals surface area contributed by atoms with Gasteiger partial charge in [-0.25, -0.2) is 14.4 Å². The summed E-state index contributed by atoms with van der Waals surface area (Å²) in [6, 6.07) is 16.6. The van der Waals surface area contributed by atoms with E-state index >= 15 is 0 Å². The van der Waals surface area contributed by atoms with Crippen molar-refractivity contribution < 1.29 is 114 Å². The van der Waals surface area contributed by atoms with Gasteiger partial charge in [-0.2, -0.15) is 0 Å². The topological polar surface area (TPSA) is 368 Å². The number of aliphatic hydroxyl groups is 11. The van der Waals surface area contributed by atoms with Gasteiger partial charge in [0.05, 0.1) is 54.7 Å². The van der Waals surface area contributed by atoms with E-state index in [4.69, 9.17) is 37.9 Å². The van der Waals surface area contributed by atoms with E-state index in [2.05, 4.69) is 19.9 Å². The van der Waals surface area contributed by atoms with Gasteiger partial charge in [-0.1, -0.05) is 96.5 Å². The van der Waals surface area contributed by atoms with Gasteiger partial charge in [0.1, 0.15) is 67.1 Å². The SMILES string of the molecule is CC1(C)CC2C3=CCC4[C@@]5(C)CC[C@H](O[C@@H]6OC(C(=O)O)[C@@H](O)[C@@H](O[C@@H]7O[C@@H](CO)[C@@H](O)C7O)C6O[C@@H]6OC(CO)[C@H](O)[C@@H](O)C6O)C(C)(C)C5CC[C@@]4(C)[C@]3(C)[C@@H](O)[C@@H](O)[C@@]2(CO)[C@@H](OC(=O)c2ccccc2)[C@@H]1OC(=O)c1ccccc1. The molecule has 5 aliphatic carbocycles. The summed E-state index contributed by atoms with van der Waals surface area (Å²) in [5.74, 6) is -4.16. The maximum absolute atomic E-state index is 14.3. The Morgan fingerprint density at radius 1 is 0.583 bits per heavy atom. The van der Waals surface area contributed by atoms with Crippen molar-refractivity contribution in [1.82, 2.24) is 0 Å². The largest absolute Gasteiger partial charge is 0.479 e. The summed E-state index contributed by atoms with van der Waals surface area (Å²) in [4.78, 5) is 41.2. The Bertz CT molecular complexity index is 2730. The number of allylic oxidation sites excluding steroid dienone is 1. The van der Waals surface area contributed by atoms with Crippen molar-refractivity contribution in [2.75, 3.05) is 19.8 Å². The van der Waals surface area contributed by atoms with Crippen molar-refractivity contribution in [2.24, 2.45) is 50.2 Å². The molecule has 2 aromatic rings. The third-order valence-corrected chi connectivity index (χ3v) is 21.9. The van der Waals surface area contributed by atoms with Crippen LogP contribution in [0.2, 0.25) is 0 Å². The molecule has 4 saturated carbocycles. The van der Waals surface area contributed by atoms with Gasteiger partial charge in [-0.05, 0) is 96.8 Å². The number of carboxylic acids is 1. The predicted molar refractivity (Wildman–Crippen MR) is 289 cm³/mol. The summed E-state index contributed by atoms with van der Waals surface area (Å²) in [7, 11) is 0. The number of hydrogen-bond donors (Lipinski definition) is 12. The second kappa shape index (κ2) is 23.1. The molecule has 84 heavy (non-hydrogen) atoms. The van der Waals surface area contributed by atoms with Crippen molar-refractivity contribution >= 4 is 17.9 Å². The molecule has 12 N–H and O–H groups in total. The summed E-state index contributed by atoms with van der Waals surface area (Å²) in [5.41, 5.74) is -4.72. The number of fused-ring (bicyclic) bond motifs is 7. The molecule has 0 amide bonds. The fourth-order valence-electron chi connectivity index (χ4n) is 17.1. The Hall–Kier alpha value is -4.09. The molecule has 3 heterocycles. The molecule has 23 nitrogen and oxygen atoms in total. The molecule has 10 rings (SSSR count). The first-order chi connectivity index (χ1) is 39.6. The molecular formula is C61H84O23. The minimum absolute atomic E-state index is 0.168. The highest BCUT2D eigenvalue weighted by molar-refractivity contribution is 5.90. The molecule has 466 valence electrons. The number of ether oxygens (including phenoxy) is 8. The summed E-state index contributed by atoms with van der Waals surface area (Å²) in [6.07, 6.45) is -27.5. The molecule has 3 saturated heterocycles. The fourth-order valence-corrected chi connectivity index (χ4v) is 17.1. The van der Waals surface area contributed by atoms with Crippen LogP contribution in [0.5, 0.6) is 0 Å². The van der Waals surface area contributed by atoms with Gasteiger partial charge in [0.25, 0.3) is 0 Å². The highest BCUT2D eigenvalue weighted by Gasteiger charge is 2.76. The number of aliphatic carboxylic acids is 1. The molecule has 0 radical (unpaired) electrons. The number of aliphatic hydroxyl groups excluding tert-OH is 11. The smallest absolute Gasteiger partial charge is 0.338 e. The number of carbonyl (C=O) groups excluding carboxylic acids is 2. The van der Waals surface area contributed by atoms with Crippen molar-refractivity contribution in [3.05, 3.63) is 83.4 Å². The van der Waals surface area contributed by atoms with Crippen molar-refractivity contribution in [1.29, 1.82) is 0 Å². The zero-order chi connectivity index (χ0) is 61.0. The summed E-state index contributed by atoms with van der Waals surface area (Å²) in [5, 5.41) is 135. The van der Waals surface area contributed by atoms with E-state index in [1.807, 2.05) is 34.6 Å². The minimum atomic E-state index is -2.13. The zero-order valence-electron chi connectivity index (χ0n) is 48.3. The molecule has 7 fully saturated rings. The van der Waals surface area contributed by atoms with Crippen LogP contribution in [0.3, 0.4) is 0 Å². The van der Waals surface area contributed by atoms with Crippen molar-refractivity contribution in [3.63, 3.8) is 0 Å². The third kappa shape index (κ3) is 9.89. The van der Waals surface area contributed by atoms with Gasteiger partial charge in [0, 0.05) is 10.8 Å². The maximum atomic E-state index is 14.3. The molecule has 26 atom stereocenters. The van der Waals surface area contributed by atoms with Crippen LogP contribution in [-0.4, -0.2) is 216 Å². The lowest BCUT2D eigenvalue weighted by Gasteiger charge is -2.73. The van der Waals surface area contributed by atoms with E-state index in [1.165, 1.54) is 0 Å². The van der Waals surface area contributed by atoms with Crippen molar-refractivity contribution in [3.8, 4) is 0 Å². The van der Waals surface area contributed by atoms with Gasteiger partial charge < -0.3 is 99.2 Å². The van der Waals surface area contributed by atoms with Crippen LogP contribution in [0, 0.1) is 50.2 Å². The molecule has 8 aliphatic rings. The molecular weight excluding hydrogens is 1100 g/mol. The standard InChI is InChI=1S/C61H84O23/c1-56(2)24-31-30-18-19-35-58(5)22-21-36(79-55-45(82-54-41(69)39(67)37(65)32(25-62)77-54)43(42(70)44(81-55)50(73)74)80-53-40(68)38(66)33(26-63)78-53)57(3,4)34(58)20-23-59(35,6)60(30,7)46(71)47(72)61(31,27-64)49(84-52(76)29-16-12-9-13-17-29)48(56)83-51(75)28-14-10-8-11-15-28/h8-18,31-49,53-55,62-72H,19-27H2,1-7H3,(H,73,74)/t31?,32?,33-,34?,35?,36-,37-,38+,39+,40?,41?,42-,43+,44?,45?,46-,47+,48-,49-,53-,54-,55+,58-,59+,60-,61-/m0/s1. The van der Waals surface area contributed by atoms with Gasteiger partial charge in [0.2, 0.25) is 0 Å². The first-order valence-corrected chi connectivity index (χ1v) is 29.2. The Balaban J connectivity index is 0.978. The van der Waals surface area contributed by atoms with Gasteiger partial charge in [-0.3, -0.25) is 0 Å². The lowest BCUT2D eigenvalue weighted by Crippen LogP contribution is -2.76. The molecule has 2 aromatic carbocycles. The summed E-state index contributed by atoms with van der Waals surface area (Å²) >= 11 is 0. The van der Waals surface area contributed by atoms with Crippen molar-refractivity contribution in [2.45, 2.75) is 204 Å². The van der Waals surface area contributed by atoms with E-state index < -0.39 is 193 Å². The molecule has 0 bridgehead atoms. The Morgan fingerprint density at radius 2 is 1.12 bits per heavy atom. The van der Waals surface area contributed by atoms with E-state index in [9.17, 15) is 75.7 Å². The Kier molecular flexibility index (Phi) is 17.3. The van der Waals surface area contributed by atoms with Crippen LogP contribution in [0.4, 0.5) is 0 Å². The molecule has 3 aliphatic heterocycles. The number of esters is 2. The number of benzene rings is 2. The van der Waals surface area contributed by atoms with Crippen LogP contribution in [-0.2, 0) is 42.7 Å². The van der Waals surface area contributed by atoms with Crippen LogP contribution < -0.4 is 0 Å².